The van der Waals surface area contributed by atoms with Crippen LogP contribution in [-0.2, 0) is 18.7 Å². The number of rotatable bonds is 6. The molecule has 0 radical (unpaired) electrons. The Morgan fingerprint density at radius 2 is 2.00 bits per heavy atom. The molecule has 0 saturated heterocycles. The van der Waals surface area contributed by atoms with Gasteiger partial charge in [-0.3, -0.25) is 9.36 Å². The van der Waals surface area contributed by atoms with E-state index < -0.39 is 0 Å². The summed E-state index contributed by atoms with van der Waals surface area (Å²) in [5, 5.41) is 9.01. The van der Waals surface area contributed by atoms with E-state index in [4.69, 9.17) is 0 Å². The zero-order valence-corrected chi connectivity index (χ0v) is 15.3. The molecule has 0 fully saturated rings. The van der Waals surface area contributed by atoms with Crippen molar-refractivity contribution in [1.82, 2.24) is 24.7 Å². The van der Waals surface area contributed by atoms with Gasteiger partial charge in [-0.2, -0.15) is 0 Å². The van der Waals surface area contributed by atoms with Gasteiger partial charge in [0.1, 0.15) is 10.5 Å². The number of thioether (sulfide) groups is 1. The highest BCUT2D eigenvalue weighted by atomic mass is 32.2. The maximum absolute atomic E-state index is 12.0. The van der Waals surface area contributed by atoms with Gasteiger partial charge in [0.05, 0.1) is 11.3 Å². The quantitative estimate of drug-likeness (QED) is 0.497. The summed E-state index contributed by atoms with van der Waals surface area (Å²) in [6.07, 6.45) is 0.740. The molecule has 0 bridgehead atoms. The van der Waals surface area contributed by atoms with Crippen LogP contribution < -0.4 is 11.2 Å². The third kappa shape index (κ3) is 3.49. The van der Waals surface area contributed by atoms with Gasteiger partial charge in [0.25, 0.3) is 5.56 Å². The van der Waals surface area contributed by atoms with Crippen LogP contribution in [0.25, 0.3) is 10.2 Å². The molecular formula is C17H15N5O2S2. The van der Waals surface area contributed by atoms with E-state index in [1.165, 1.54) is 23.1 Å². The molecule has 26 heavy (non-hydrogen) atoms. The van der Waals surface area contributed by atoms with Gasteiger partial charge in [-0.05, 0) is 23.4 Å². The predicted octanol–water partition coefficient (Wildman–Crippen LogP) is 2.40. The lowest BCUT2D eigenvalue weighted by molar-refractivity contribution is 0.615. The van der Waals surface area contributed by atoms with E-state index in [2.05, 4.69) is 20.2 Å². The monoisotopic (exact) mass is 385 g/mol. The lowest BCUT2D eigenvalue weighted by atomic mass is 10.1. The number of aromatic amines is 2. The molecule has 9 heteroatoms. The first kappa shape index (κ1) is 16.8. The van der Waals surface area contributed by atoms with Crippen molar-refractivity contribution in [2.45, 2.75) is 23.9 Å². The zero-order chi connectivity index (χ0) is 17.9. The van der Waals surface area contributed by atoms with Crippen LogP contribution in [0.5, 0.6) is 0 Å². The van der Waals surface area contributed by atoms with Crippen molar-refractivity contribution in [2.24, 2.45) is 0 Å². The van der Waals surface area contributed by atoms with E-state index in [-0.39, 0.29) is 11.2 Å². The van der Waals surface area contributed by atoms with Crippen LogP contribution in [0.15, 0.2) is 56.5 Å². The Kier molecular flexibility index (Phi) is 4.72. The minimum atomic E-state index is -0.238. The summed E-state index contributed by atoms with van der Waals surface area (Å²) in [6.45, 7) is 0.537. The van der Waals surface area contributed by atoms with Crippen LogP contribution in [0.4, 0.5) is 0 Å². The third-order valence-electron chi connectivity index (χ3n) is 3.89. The van der Waals surface area contributed by atoms with Crippen LogP contribution in [0, 0.1) is 0 Å². The average molecular weight is 385 g/mol. The molecule has 2 N–H and O–H groups in total. The highest BCUT2D eigenvalue weighted by molar-refractivity contribution is 7.98. The topological polar surface area (TPSA) is 96.4 Å². The van der Waals surface area contributed by atoms with Gasteiger partial charge in [0.15, 0.2) is 5.16 Å². The molecule has 0 aliphatic rings. The molecule has 0 atom stereocenters. The molecule has 4 aromatic rings. The summed E-state index contributed by atoms with van der Waals surface area (Å²) < 4.78 is 2.23. The van der Waals surface area contributed by atoms with Crippen LogP contribution in [0.1, 0.15) is 11.4 Å². The summed E-state index contributed by atoms with van der Waals surface area (Å²) in [7, 11) is 0. The Morgan fingerprint density at radius 3 is 2.85 bits per heavy atom. The van der Waals surface area contributed by atoms with Crippen molar-refractivity contribution < 1.29 is 0 Å². The van der Waals surface area contributed by atoms with E-state index in [0.29, 0.717) is 33.5 Å². The molecular weight excluding hydrogens is 370 g/mol. The number of hydrogen-bond acceptors (Lipinski definition) is 6. The standard InChI is InChI=1S/C17H15N5O2S2/c23-15-14-12(7-9-25-14)18-13(19-15)10-26-17-21-20-16(24)22(17)8-6-11-4-2-1-3-5-11/h1-5,7,9H,6,8,10H2,(H,20,24)(H,18,19,23). The average Bonchev–Trinajstić information content (AvgIpc) is 3.26. The van der Waals surface area contributed by atoms with E-state index in [0.717, 1.165) is 12.0 Å². The summed E-state index contributed by atoms with van der Waals surface area (Å²) >= 11 is 2.74. The number of fused-ring (bicyclic) bond motifs is 1. The van der Waals surface area contributed by atoms with Gasteiger partial charge in [0.2, 0.25) is 0 Å². The summed E-state index contributed by atoms with van der Waals surface area (Å²) in [5.74, 6) is 0.993. The van der Waals surface area contributed by atoms with Gasteiger partial charge < -0.3 is 4.98 Å². The van der Waals surface area contributed by atoms with Crippen LogP contribution in [0.3, 0.4) is 0 Å². The molecule has 0 unspecified atom stereocenters. The second-order valence-electron chi connectivity index (χ2n) is 5.63. The number of benzene rings is 1. The zero-order valence-electron chi connectivity index (χ0n) is 13.6. The number of aromatic nitrogens is 5. The molecule has 0 aliphatic heterocycles. The second-order valence-corrected chi connectivity index (χ2v) is 7.49. The molecule has 4 rings (SSSR count). The van der Waals surface area contributed by atoms with Crippen molar-refractivity contribution in [3.8, 4) is 0 Å². The Hall–Kier alpha value is -2.65. The van der Waals surface area contributed by atoms with Crippen LogP contribution in [-0.4, -0.2) is 24.7 Å². The van der Waals surface area contributed by atoms with E-state index in [1.54, 1.807) is 4.57 Å². The number of nitrogens with one attached hydrogen (secondary N) is 2. The van der Waals surface area contributed by atoms with Gasteiger partial charge in [-0.15, -0.1) is 16.4 Å². The number of thiophene rings is 1. The van der Waals surface area contributed by atoms with Crippen molar-refractivity contribution >= 4 is 33.3 Å². The fraction of sp³-hybridized carbons (Fsp3) is 0.176. The summed E-state index contributed by atoms with van der Waals surface area (Å²) in [4.78, 5) is 31.3. The largest absolute Gasteiger partial charge is 0.343 e. The summed E-state index contributed by atoms with van der Waals surface area (Å²) in [6, 6.07) is 11.8. The van der Waals surface area contributed by atoms with Crippen LogP contribution >= 0.6 is 23.1 Å². The van der Waals surface area contributed by atoms with E-state index in [1.807, 2.05) is 41.8 Å². The third-order valence-corrected chi connectivity index (χ3v) is 5.78. The number of H-pyrrole nitrogens is 2. The molecule has 0 amide bonds. The Morgan fingerprint density at radius 1 is 1.15 bits per heavy atom. The smallest absolute Gasteiger partial charge is 0.309 e. The summed E-state index contributed by atoms with van der Waals surface area (Å²) in [5.41, 5.74) is 1.48. The minimum absolute atomic E-state index is 0.135. The van der Waals surface area contributed by atoms with Gasteiger partial charge in [-0.25, -0.2) is 14.9 Å². The fourth-order valence-corrected chi connectivity index (χ4v) is 4.19. The first-order valence-electron chi connectivity index (χ1n) is 7.99. The maximum Gasteiger partial charge on any atom is 0.343 e. The fourth-order valence-electron chi connectivity index (χ4n) is 2.62. The van der Waals surface area contributed by atoms with E-state index >= 15 is 0 Å². The lowest BCUT2D eigenvalue weighted by Gasteiger charge is -2.05. The molecule has 3 heterocycles. The van der Waals surface area contributed by atoms with Crippen LogP contribution in [0.2, 0.25) is 0 Å². The number of nitrogens with zero attached hydrogens (tertiary/aromatic N) is 3. The minimum Gasteiger partial charge on any atom is -0.309 e. The van der Waals surface area contributed by atoms with Crippen molar-refractivity contribution in [3.63, 3.8) is 0 Å². The molecule has 1 aromatic carbocycles. The van der Waals surface area contributed by atoms with Gasteiger partial charge in [-0.1, -0.05) is 42.1 Å². The predicted molar refractivity (Wildman–Crippen MR) is 103 cm³/mol. The molecule has 7 nitrogen and oxygen atoms in total. The lowest BCUT2D eigenvalue weighted by Crippen LogP contribution is -2.19. The van der Waals surface area contributed by atoms with Gasteiger partial charge in [0, 0.05) is 6.54 Å². The highest BCUT2D eigenvalue weighted by Gasteiger charge is 2.11. The highest BCUT2D eigenvalue weighted by Crippen LogP contribution is 2.20. The normalized spacial score (nSPS) is 11.2. The molecule has 3 aromatic heterocycles. The number of aryl methyl sites for hydroxylation is 1. The second kappa shape index (κ2) is 7.30. The maximum atomic E-state index is 12.0. The van der Waals surface area contributed by atoms with Crippen molar-refractivity contribution in [2.75, 3.05) is 0 Å². The van der Waals surface area contributed by atoms with Crippen molar-refractivity contribution in [3.05, 3.63) is 74.0 Å². The van der Waals surface area contributed by atoms with Crippen molar-refractivity contribution in [1.29, 1.82) is 0 Å². The number of hydrogen-bond donors (Lipinski definition) is 2. The molecule has 0 spiro atoms. The molecule has 0 saturated carbocycles. The Labute approximate surface area is 156 Å². The first-order chi connectivity index (χ1) is 12.7. The van der Waals surface area contributed by atoms with E-state index in [9.17, 15) is 9.59 Å². The Bertz CT molecular complexity index is 1140. The first-order valence-corrected chi connectivity index (χ1v) is 9.85. The Balaban J connectivity index is 1.49. The SMILES string of the molecule is O=c1[nH]c(CSc2n[nH]c(=O)n2CCc2ccccc2)nc2ccsc12. The van der Waals surface area contributed by atoms with Gasteiger partial charge >= 0.3 is 5.69 Å². The molecule has 0 aliphatic carbocycles. The molecule has 132 valence electrons.